The van der Waals surface area contributed by atoms with E-state index in [1.165, 1.54) is 0 Å². The van der Waals surface area contributed by atoms with E-state index in [0.717, 1.165) is 36.3 Å². The number of imidazole rings is 1. The molecule has 1 N–H and O–H groups in total. The summed E-state index contributed by atoms with van der Waals surface area (Å²) < 4.78 is 12.9. The van der Waals surface area contributed by atoms with E-state index in [2.05, 4.69) is 28.7 Å². The summed E-state index contributed by atoms with van der Waals surface area (Å²) in [5.74, 6) is 2.84. The van der Waals surface area contributed by atoms with Gasteiger partial charge in [0.15, 0.2) is 5.65 Å². The van der Waals surface area contributed by atoms with Crippen molar-refractivity contribution < 1.29 is 14.3 Å². The van der Waals surface area contributed by atoms with Crippen molar-refractivity contribution >= 4 is 22.9 Å². The highest BCUT2D eigenvalue weighted by Crippen LogP contribution is 2.31. The lowest BCUT2D eigenvalue weighted by atomic mass is 10.0. The van der Waals surface area contributed by atoms with Crippen LogP contribution in [0.3, 0.4) is 0 Å². The highest BCUT2D eigenvalue weighted by Gasteiger charge is 2.27. The lowest BCUT2D eigenvalue weighted by Crippen LogP contribution is -2.41. The predicted octanol–water partition coefficient (Wildman–Crippen LogP) is 4.52. The number of nitrogens with zero attached hydrogens (tertiary/aromatic N) is 4. The molecule has 0 aliphatic carbocycles. The molecule has 1 fully saturated rings. The number of amides is 2. The third-order valence-corrected chi connectivity index (χ3v) is 5.88. The van der Waals surface area contributed by atoms with Gasteiger partial charge in [-0.15, -0.1) is 0 Å². The van der Waals surface area contributed by atoms with Gasteiger partial charge in [-0.3, -0.25) is 0 Å². The van der Waals surface area contributed by atoms with Crippen LogP contribution in [0.4, 0.5) is 10.5 Å². The molecule has 0 spiro atoms. The van der Waals surface area contributed by atoms with Gasteiger partial charge in [-0.05, 0) is 43.0 Å². The predicted molar refractivity (Wildman–Crippen MR) is 124 cm³/mol. The van der Waals surface area contributed by atoms with Crippen LogP contribution in [0.1, 0.15) is 38.6 Å². The van der Waals surface area contributed by atoms with Crippen LogP contribution in [-0.2, 0) is 6.42 Å². The fourth-order valence-electron chi connectivity index (χ4n) is 4.29. The van der Waals surface area contributed by atoms with E-state index in [4.69, 9.17) is 14.5 Å². The number of pyridine rings is 1. The maximum absolute atomic E-state index is 12.9. The monoisotopic (exact) mass is 437 g/mol. The number of anilines is 1. The molecule has 32 heavy (non-hydrogen) atoms. The quantitative estimate of drug-likeness (QED) is 0.613. The van der Waals surface area contributed by atoms with Gasteiger partial charge in [0.1, 0.15) is 22.8 Å². The van der Waals surface area contributed by atoms with Crippen LogP contribution < -0.4 is 14.8 Å². The summed E-state index contributed by atoms with van der Waals surface area (Å²) in [7, 11) is 3.18. The Bertz CT molecular complexity index is 1090. The SMILES string of the molecule is COc1ccc(NC(=O)N2CCC(n3c(CC(C)C)nc4cccnc43)CC2)c(OC)c1. The molecule has 1 aromatic carbocycles. The standard InChI is InChI=1S/C24H31N5O3/c1-16(2)14-22-26-20-6-5-11-25-23(20)29(22)17-9-12-28(13-10-17)24(30)27-19-8-7-18(31-3)15-21(19)32-4/h5-8,11,15-17H,9-10,12-14H2,1-4H3,(H,27,30). The third-order valence-electron chi connectivity index (χ3n) is 5.88. The fourth-order valence-corrected chi connectivity index (χ4v) is 4.29. The van der Waals surface area contributed by atoms with Gasteiger partial charge in [0.05, 0.1) is 19.9 Å². The molecule has 8 heteroatoms. The Balaban J connectivity index is 1.46. The van der Waals surface area contributed by atoms with Crippen molar-refractivity contribution in [1.82, 2.24) is 19.4 Å². The van der Waals surface area contributed by atoms with Gasteiger partial charge in [-0.25, -0.2) is 14.8 Å². The van der Waals surface area contributed by atoms with E-state index in [-0.39, 0.29) is 12.1 Å². The molecular weight excluding hydrogens is 406 g/mol. The number of aromatic nitrogens is 3. The van der Waals surface area contributed by atoms with Crippen LogP contribution in [0.25, 0.3) is 11.2 Å². The van der Waals surface area contributed by atoms with Crippen LogP contribution >= 0.6 is 0 Å². The summed E-state index contributed by atoms with van der Waals surface area (Å²) in [6, 6.07) is 9.47. The topological polar surface area (TPSA) is 81.5 Å². The number of fused-ring (bicyclic) bond motifs is 1. The van der Waals surface area contributed by atoms with Crippen molar-refractivity contribution in [1.29, 1.82) is 0 Å². The molecule has 1 saturated heterocycles. The minimum absolute atomic E-state index is 0.122. The smallest absolute Gasteiger partial charge is 0.321 e. The summed E-state index contributed by atoms with van der Waals surface area (Å²) >= 11 is 0. The molecular formula is C24H31N5O3. The van der Waals surface area contributed by atoms with Gasteiger partial charge in [0.25, 0.3) is 0 Å². The number of urea groups is 1. The Morgan fingerprint density at radius 3 is 2.66 bits per heavy atom. The number of ether oxygens (including phenoxy) is 2. The zero-order chi connectivity index (χ0) is 22.7. The Morgan fingerprint density at radius 2 is 1.97 bits per heavy atom. The van der Waals surface area contributed by atoms with Crippen molar-refractivity contribution in [2.45, 2.75) is 39.2 Å². The molecule has 0 unspecified atom stereocenters. The van der Waals surface area contributed by atoms with E-state index in [1.54, 1.807) is 32.4 Å². The number of carbonyl (C=O) groups is 1. The average molecular weight is 438 g/mol. The van der Waals surface area contributed by atoms with E-state index in [9.17, 15) is 4.79 Å². The van der Waals surface area contributed by atoms with E-state index in [0.29, 0.717) is 36.2 Å². The normalized spacial score (nSPS) is 14.7. The Morgan fingerprint density at radius 1 is 1.19 bits per heavy atom. The van der Waals surface area contributed by atoms with E-state index < -0.39 is 0 Å². The summed E-state index contributed by atoms with van der Waals surface area (Å²) in [6.07, 6.45) is 4.46. The number of likely N-dealkylation sites (tertiary alicyclic amines) is 1. The summed E-state index contributed by atoms with van der Waals surface area (Å²) in [6.45, 7) is 5.75. The molecule has 1 aliphatic heterocycles. The number of hydrogen-bond donors (Lipinski definition) is 1. The minimum atomic E-state index is -0.122. The Kier molecular flexibility index (Phi) is 6.48. The van der Waals surface area contributed by atoms with E-state index in [1.807, 2.05) is 23.2 Å². The number of methoxy groups -OCH3 is 2. The first-order valence-corrected chi connectivity index (χ1v) is 11.1. The number of hydrogen-bond acceptors (Lipinski definition) is 5. The summed E-state index contributed by atoms with van der Waals surface area (Å²) in [5, 5.41) is 2.97. The van der Waals surface area contributed by atoms with Crippen LogP contribution in [0, 0.1) is 5.92 Å². The zero-order valence-electron chi connectivity index (χ0n) is 19.2. The van der Waals surface area contributed by atoms with Gasteiger partial charge in [-0.1, -0.05) is 13.8 Å². The van der Waals surface area contributed by atoms with Crippen molar-refractivity contribution in [2.24, 2.45) is 5.92 Å². The van der Waals surface area contributed by atoms with Crippen molar-refractivity contribution in [3.63, 3.8) is 0 Å². The molecule has 0 radical (unpaired) electrons. The highest BCUT2D eigenvalue weighted by atomic mass is 16.5. The fraction of sp³-hybridized carbons (Fsp3) is 0.458. The minimum Gasteiger partial charge on any atom is -0.497 e. The molecule has 0 saturated carbocycles. The number of rotatable bonds is 6. The number of benzene rings is 1. The molecule has 2 amide bonds. The Labute approximate surface area is 188 Å². The maximum Gasteiger partial charge on any atom is 0.321 e. The second kappa shape index (κ2) is 9.46. The van der Waals surface area contributed by atoms with Crippen LogP contribution in [0.2, 0.25) is 0 Å². The lowest BCUT2D eigenvalue weighted by molar-refractivity contribution is 0.183. The van der Waals surface area contributed by atoms with E-state index >= 15 is 0 Å². The molecule has 0 bridgehead atoms. The van der Waals surface area contributed by atoms with Crippen LogP contribution in [0.5, 0.6) is 11.5 Å². The van der Waals surface area contributed by atoms with Crippen molar-refractivity contribution in [3.05, 3.63) is 42.4 Å². The largest absolute Gasteiger partial charge is 0.497 e. The second-order valence-electron chi connectivity index (χ2n) is 8.56. The summed E-state index contributed by atoms with van der Waals surface area (Å²) in [4.78, 5) is 24.2. The summed E-state index contributed by atoms with van der Waals surface area (Å²) in [5.41, 5.74) is 2.51. The van der Waals surface area contributed by atoms with Crippen molar-refractivity contribution in [3.8, 4) is 11.5 Å². The molecule has 4 rings (SSSR count). The molecule has 2 aromatic heterocycles. The van der Waals surface area contributed by atoms with Crippen LogP contribution in [0.15, 0.2) is 36.5 Å². The molecule has 8 nitrogen and oxygen atoms in total. The van der Waals surface area contributed by atoms with Gasteiger partial charge in [0.2, 0.25) is 0 Å². The molecule has 170 valence electrons. The van der Waals surface area contributed by atoms with Gasteiger partial charge in [0, 0.05) is 37.8 Å². The first-order valence-electron chi connectivity index (χ1n) is 11.1. The molecule has 3 aromatic rings. The Hall–Kier alpha value is -3.29. The third kappa shape index (κ3) is 4.49. The molecule has 3 heterocycles. The van der Waals surface area contributed by atoms with Gasteiger partial charge < -0.3 is 24.3 Å². The lowest BCUT2D eigenvalue weighted by Gasteiger charge is -2.33. The number of piperidine rings is 1. The first-order chi connectivity index (χ1) is 15.5. The van der Waals surface area contributed by atoms with Gasteiger partial charge in [-0.2, -0.15) is 0 Å². The average Bonchev–Trinajstić information content (AvgIpc) is 3.16. The molecule has 0 atom stereocenters. The second-order valence-corrected chi connectivity index (χ2v) is 8.56. The van der Waals surface area contributed by atoms with Crippen LogP contribution in [-0.4, -0.2) is 52.8 Å². The number of carbonyl (C=O) groups excluding carboxylic acids is 1. The maximum atomic E-state index is 12.9. The van der Waals surface area contributed by atoms with Gasteiger partial charge >= 0.3 is 6.03 Å². The first kappa shape index (κ1) is 21.9. The van der Waals surface area contributed by atoms with Crippen molar-refractivity contribution in [2.75, 3.05) is 32.6 Å². The zero-order valence-corrected chi connectivity index (χ0v) is 19.2. The molecule has 1 aliphatic rings. The number of nitrogens with one attached hydrogen (secondary N) is 1. The highest BCUT2D eigenvalue weighted by molar-refractivity contribution is 5.91.